The van der Waals surface area contributed by atoms with Crippen LogP contribution in [0.3, 0.4) is 0 Å². The van der Waals surface area contributed by atoms with Crippen molar-refractivity contribution in [2.24, 2.45) is 5.92 Å². The summed E-state index contributed by atoms with van der Waals surface area (Å²) in [6.07, 6.45) is 0. The van der Waals surface area contributed by atoms with Crippen LogP contribution >= 0.6 is 15.9 Å². The molecule has 1 aromatic carbocycles. The van der Waals surface area contributed by atoms with Crippen molar-refractivity contribution in [3.63, 3.8) is 0 Å². The molecule has 0 aliphatic heterocycles. The number of carbonyl (C=O) groups is 1. The molecule has 0 radical (unpaired) electrons. The first kappa shape index (κ1) is 13.7. The van der Waals surface area contributed by atoms with Crippen LogP contribution < -0.4 is 4.90 Å². The summed E-state index contributed by atoms with van der Waals surface area (Å²) in [5.41, 5.74) is 1.15. The van der Waals surface area contributed by atoms with Gasteiger partial charge in [-0.3, -0.25) is 4.79 Å². The summed E-state index contributed by atoms with van der Waals surface area (Å²) in [5.74, 6) is 0.168. The highest BCUT2D eigenvalue weighted by Gasteiger charge is 2.24. The van der Waals surface area contributed by atoms with Crippen LogP contribution in [0.25, 0.3) is 0 Å². The van der Waals surface area contributed by atoms with Crippen LogP contribution in [0.1, 0.15) is 19.4 Å². The van der Waals surface area contributed by atoms with Crippen LogP contribution in [0.2, 0.25) is 0 Å². The number of carbonyl (C=O) groups excluding carboxylic acids is 1. The van der Waals surface area contributed by atoms with Crippen molar-refractivity contribution in [3.8, 4) is 6.07 Å². The molecule has 0 aliphatic carbocycles. The van der Waals surface area contributed by atoms with Gasteiger partial charge < -0.3 is 4.90 Å². The molecule has 0 heterocycles. The summed E-state index contributed by atoms with van der Waals surface area (Å²) in [7, 11) is 1.69. The first-order valence-corrected chi connectivity index (χ1v) is 6.31. The minimum absolute atomic E-state index is 0.0392. The molecule has 0 saturated carbocycles. The van der Waals surface area contributed by atoms with Gasteiger partial charge in [-0.15, -0.1) is 0 Å². The number of rotatable bonds is 3. The second-order valence-corrected chi connectivity index (χ2v) is 5.16. The lowest BCUT2D eigenvalue weighted by Crippen LogP contribution is -2.36. The molecule has 0 saturated heterocycles. The minimum atomic E-state index is -0.237. The molecule has 17 heavy (non-hydrogen) atoms. The molecule has 1 rings (SSSR count). The van der Waals surface area contributed by atoms with E-state index in [1.54, 1.807) is 25.2 Å². The first-order valence-electron chi connectivity index (χ1n) is 5.39. The SMILES string of the molecule is CC(C)C(Br)C(=O)N(C)c1ccccc1C#N. The van der Waals surface area contributed by atoms with E-state index in [0.717, 1.165) is 0 Å². The van der Waals surface area contributed by atoms with Gasteiger partial charge in [-0.25, -0.2) is 0 Å². The maximum atomic E-state index is 12.1. The Morgan fingerprint density at radius 2 is 2.00 bits per heavy atom. The lowest BCUT2D eigenvalue weighted by Gasteiger charge is -2.23. The molecule has 0 aliphatic rings. The molecule has 1 unspecified atom stereocenters. The molecule has 0 spiro atoms. The van der Waals surface area contributed by atoms with Crippen LogP contribution in [-0.2, 0) is 4.79 Å². The van der Waals surface area contributed by atoms with Crippen LogP contribution in [0, 0.1) is 17.2 Å². The van der Waals surface area contributed by atoms with Crippen molar-refractivity contribution >= 4 is 27.5 Å². The molecule has 4 heteroatoms. The van der Waals surface area contributed by atoms with E-state index in [2.05, 4.69) is 22.0 Å². The Bertz CT molecular complexity index is 451. The van der Waals surface area contributed by atoms with Gasteiger partial charge in [-0.1, -0.05) is 41.9 Å². The Morgan fingerprint density at radius 1 is 1.41 bits per heavy atom. The third-order valence-electron chi connectivity index (χ3n) is 2.54. The fourth-order valence-corrected chi connectivity index (χ4v) is 1.76. The number of hydrogen-bond acceptors (Lipinski definition) is 2. The van der Waals surface area contributed by atoms with Gasteiger partial charge in [0.05, 0.1) is 16.1 Å². The quantitative estimate of drug-likeness (QED) is 0.805. The summed E-state index contributed by atoms with van der Waals surface area (Å²) in [6, 6.07) is 9.17. The average molecular weight is 295 g/mol. The van der Waals surface area contributed by atoms with Gasteiger partial charge in [-0.05, 0) is 18.1 Å². The highest BCUT2D eigenvalue weighted by Crippen LogP contribution is 2.22. The number of hydrogen-bond donors (Lipinski definition) is 0. The number of nitrogens with zero attached hydrogens (tertiary/aromatic N) is 2. The van der Waals surface area contributed by atoms with Crippen molar-refractivity contribution in [1.29, 1.82) is 5.26 Å². The maximum absolute atomic E-state index is 12.1. The molecule has 0 bridgehead atoms. The van der Waals surface area contributed by atoms with Crippen molar-refractivity contribution < 1.29 is 4.79 Å². The van der Waals surface area contributed by atoms with Gasteiger partial charge in [-0.2, -0.15) is 5.26 Å². The Balaban J connectivity index is 3.01. The molecular weight excluding hydrogens is 280 g/mol. The van der Waals surface area contributed by atoms with E-state index in [1.807, 2.05) is 19.9 Å². The molecule has 0 fully saturated rings. The van der Waals surface area contributed by atoms with Gasteiger partial charge >= 0.3 is 0 Å². The Hall–Kier alpha value is -1.34. The maximum Gasteiger partial charge on any atom is 0.240 e. The number of para-hydroxylation sites is 1. The van der Waals surface area contributed by atoms with E-state index >= 15 is 0 Å². The van der Waals surface area contributed by atoms with Gasteiger partial charge in [0.25, 0.3) is 0 Å². The number of benzene rings is 1. The van der Waals surface area contributed by atoms with Gasteiger partial charge in [0.15, 0.2) is 0 Å². The van der Waals surface area contributed by atoms with Crippen molar-refractivity contribution in [3.05, 3.63) is 29.8 Å². The molecule has 1 amide bonds. The molecule has 3 nitrogen and oxygen atoms in total. The van der Waals surface area contributed by atoms with Gasteiger partial charge in [0.1, 0.15) is 6.07 Å². The first-order chi connectivity index (χ1) is 7.99. The largest absolute Gasteiger partial charge is 0.313 e. The Labute approximate surface area is 110 Å². The smallest absolute Gasteiger partial charge is 0.240 e. The normalized spacial score (nSPS) is 12.0. The predicted octanol–water partition coefficient (Wildman–Crippen LogP) is 2.94. The lowest BCUT2D eigenvalue weighted by atomic mass is 10.1. The number of anilines is 1. The molecule has 1 aromatic rings. The van der Waals surface area contributed by atoms with Crippen molar-refractivity contribution in [2.45, 2.75) is 18.7 Å². The van der Waals surface area contributed by atoms with E-state index in [0.29, 0.717) is 11.3 Å². The average Bonchev–Trinajstić information content (AvgIpc) is 2.35. The van der Waals surface area contributed by atoms with E-state index in [4.69, 9.17) is 5.26 Å². The summed E-state index contributed by atoms with van der Waals surface area (Å²) in [4.78, 5) is 13.4. The standard InChI is InChI=1S/C13H15BrN2O/c1-9(2)12(14)13(17)16(3)11-7-5-4-6-10(11)8-15/h4-7,9,12H,1-3H3. The van der Waals surface area contributed by atoms with Crippen LogP contribution in [0.4, 0.5) is 5.69 Å². The minimum Gasteiger partial charge on any atom is -0.313 e. The number of alkyl halides is 1. The molecule has 90 valence electrons. The Kier molecular flexibility index (Phi) is 4.71. The summed E-state index contributed by atoms with van der Waals surface area (Å²) >= 11 is 3.38. The molecule has 0 N–H and O–H groups in total. The van der Waals surface area contributed by atoms with E-state index in [-0.39, 0.29) is 16.7 Å². The molecular formula is C13H15BrN2O. The van der Waals surface area contributed by atoms with Crippen LogP contribution in [-0.4, -0.2) is 17.8 Å². The van der Waals surface area contributed by atoms with Crippen LogP contribution in [0.15, 0.2) is 24.3 Å². The number of nitriles is 1. The van der Waals surface area contributed by atoms with Gasteiger partial charge in [0.2, 0.25) is 5.91 Å². The zero-order valence-electron chi connectivity index (χ0n) is 10.1. The monoisotopic (exact) mass is 294 g/mol. The third-order valence-corrected chi connectivity index (χ3v) is 3.99. The summed E-state index contributed by atoms with van der Waals surface area (Å²) in [5, 5.41) is 9.00. The van der Waals surface area contributed by atoms with Crippen molar-refractivity contribution in [1.82, 2.24) is 0 Å². The third kappa shape index (κ3) is 3.07. The number of amides is 1. The fraction of sp³-hybridized carbons (Fsp3) is 0.385. The Morgan fingerprint density at radius 3 is 2.53 bits per heavy atom. The molecule has 1 atom stereocenters. The van der Waals surface area contributed by atoms with Crippen molar-refractivity contribution in [2.75, 3.05) is 11.9 Å². The zero-order chi connectivity index (χ0) is 13.0. The highest BCUT2D eigenvalue weighted by molar-refractivity contribution is 9.10. The lowest BCUT2D eigenvalue weighted by molar-refractivity contribution is -0.118. The van der Waals surface area contributed by atoms with Gasteiger partial charge in [0, 0.05) is 7.05 Å². The van der Waals surface area contributed by atoms with E-state index in [9.17, 15) is 4.79 Å². The summed E-state index contributed by atoms with van der Waals surface area (Å²) < 4.78 is 0. The fourth-order valence-electron chi connectivity index (χ4n) is 1.45. The highest BCUT2D eigenvalue weighted by atomic mass is 79.9. The number of halogens is 1. The zero-order valence-corrected chi connectivity index (χ0v) is 11.7. The van der Waals surface area contributed by atoms with E-state index in [1.165, 1.54) is 4.90 Å². The predicted molar refractivity (Wildman–Crippen MR) is 72.1 cm³/mol. The van der Waals surface area contributed by atoms with Crippen LogP contribution in [0.5, 0.6) is 0 Å². The van der Waals surface area contributed by atoms with E-state index < -0.39 is 0 Å². The second-order valence-electron chi connectivity index (χ2n) is 4.17. The second kappa shape index (κ2) is 5.83. The summed E-state index contributed by atoms with van der Waals surface area (Å²) in [6.45, 7) is 3.95. The molecule has 0 aromatic heterocycles. The topological polar surface area (TPSA) is 44.1 Å².